The lowest BCUT2D eigenvalue weighted by molar-refractivity contribution is -0.141. The summed E-state index contributed by atoms with van der Waals surface area (Å²) >= 11 is 0. The third-order valence-corrected chi connectivity index (χ3v) is 3.63. The van der Waals surface area contributed by atoms with Gasteiger partial charge in [0.05, 0.1) is 25.3 Å². The standard InChI is InChI=1S/C18H21N3O5/c22-16(12-21-18(25)20-11-15-7-4-8-26-15)19-10-14(17(23)24)9-13-5-2-1-3-6-13/h1-8,14H,9-12H2,(H,19,22)(H,23,24)(H2,20,21,25). The van der Waals surface area contributed by atoms with Crippen molar-refractivity contribution in [1.29, 1.82) is 0 Å². The van der Waals surface area contributed by atoms with Crippen molar-refractivity contribution in [1.82, 2.24) is 16.0 Å². The van der Waals surface area contributed by atoms with Crippen LogP contribution >= 0.6 is 0 Å². The Balaban J connectivity index is 1.68. The largest absolute Gasteiger partial charge is 0.481 e. The number of aliphatic carboxylic acids is 1. The minimum atomic E-state index is -0.988. The summed E-state index contributed by atoms with van der Waals surface area (Å²) in [4.78, 5) is 34.7. The second-order valence-corrected chi connectivity index (χ2v) is 5.64. The van der Waals surface area contributed by atoms with Gasteiger partial charge in [0.25, 0.3) is 0 Å². The minimum absolute atomic E-state index is 0.0151. The number of carboxylic acids is 1. The summed E-state index contributed by atoms with van der Waals surface area (Å²) in [6.07, 6.45) is 1.81. The molecule has 2 rings (SSSR count). The van der Waals surface area contributed by atoms with Crippen LogP contribution in [0.25, 0.3) is 0 Å². The first-order chi connectivity index (χ1) is 12.5. The van der Waals surface area contributed by atoms with Gasteiger partial charge in [-0.2, -0.15) is 0 Å². The van der Waals surface area contributed by atoms with E-state index < -0.39 is 23.8 Å². The van der Waals surface area contributed by atoms with Crippen molar-refractivity contribution >= 4 is 17.9 Å². The van der Waals surface area contributed by atoms with Crippen LogP contribution in [0, 0.1) is 5.92 Å². The average molecular weight is 359 g/mol. The van der Waals surface area contributed by atoms with E-state index in [1.807, 2.05) is 30.3 Å². The van der Waals surface area contributed by atoms with E-state index in [1.165, 1.54) is 6.26 Å². The normalized spacial score (nSPS) is 11.4. The van der Waals surface area contributed by atoms with Crippen LogP contribution in [0.5, 0.6) is 0 Å². The predicted octanol–water partition coefficient (Wildman–Crippen LogP) is 1.14. The molecule has 0 radical (unpaired) electrons. The van der Waals surface area contributed by atoms with Gasteiger partial charge in [0.15, 0.2) is 0 Å². The SMILES string of the molecule is O=C(CNC(=O)NCc1ccco1)NCC(Cc1ccccc1)C(=O)O. The second-order valence-electron chi connectivity index (χ2n) is 5.64. The molecule has 1 heterocycles. The molecule has 8 heteroatoms. The smallest absolute Gasteiger partial charge is 0.315 e. The van der Waals surface area contributed by atoms with Gasteiger partial charge in [-0.25, -0.2) is 4.79 Å². The van der Waals surface area contributed by atoms with Gasteiger partial charge >= 0.3 is 12.0 Å². The third kappa shape index (κ3) is 6.68. The van der Waals surface area contributed by atoms with Gasteiger partial charge < -0.3 is 25.5 Å². The quantitative estimate of drug-likeness (QED) is 0.535. The van der Waals surface area contributed by atoms with Gasteiger partial charge in [0.2, 0.25) is 5.91 Å². The number of urea groups is 1. The molecule has 0 bridgehead atoms. The molecule has 1 aromatic heterocycles. The summed E-state index contributed by atoms with van der Waals surface area (Å²) in [7, 11) is 0. The number of rotatable bonds is 9. The Labute approximate surface area is 150 Å². The number of hydrogen-bond donors (Lipinski definition) is 4. The Hall–Kier alpha value is -3.29. The fourth-order valence-corrected chi connectivity index (χ4v) is 2.25. The molecule has 1 atom stereocenters. The molecule has 138 valence electrons. The number of carbonyl (C=O) groups excluding carboxylic acids is 2. The summed E-state index contributed by atoms with van der Waals surface area (Å²) in [5.41, 5.74) is 0.879. The van der Waals surface area contributed by atoms with Crippen molar-refractivity contribution in [3.63, 3.8) is 0 Å². The first-order valence-corrected chi connectivity index (χ1v) is 8.12. The molecule has 0 aliphatic rings. The molecule has 0 aliphatic carbocycles. The van der Waals surface area contributed by atoms with Crippen LogP contribution in [0.3, 0.4) is 0 Å². The van der Waals surface area contributed by atoms with Crippen LogP contribution < -0.4 is 16.0 Å². The third-order valence-electron chi connectivity index (χ3n) is 3.63. The van der Waals surface area contributed by atoms with Gasteiger partial charge in [0, 0.05) is 6.54 Å². The van der Waals surface area contributed by atoms with Crippen LogP contribution in [-0.4, -0.2) is 36.1 Å². The number of hydrogen-bond acceptors (Lipinski definition) is 4. The summed E-state index contributed by atoms with van der Waals surface area (Å²) in [6.45, 7) is -0.0565. The highest BCUT2D eigenvalue weighted by atomic mass is 16.4. The predicted molar refractivity (Wildman–Crippen MR) is 93.2 cm³/mol. The maximum Gasteiger partial charge on any atom is 0.315 e. The van der Waals surface area contributed by atoms with Crippen molar-refractivity contribution < 1.29 is 23.9 Å². The van der Waals surface area contributed by atoms with Crippen molar-refractivity contribution in [3.05, 3.63) is 60.1 Å². The zero-order valence-electron chi connectivity index (χ0n) is 14.1. The number of amides is 3. The molecular weight excluding hydrogens is 338 g/mol. The minimum Gasteiger partial charge on any atom is -0.481 e. The Morgan fingerprint density at radius 2 is 1.77 bits per heavy atom. The number of carboxylic acid groups (broad SMARTS) is 1. The van der Waals surface area contributed by atoms with Crippen LogP contribution in [0.2, 0.25) is 0 Å². The monoisotopic (exact) mass is 359 g/mol. The van der Waals surface area contributed by atoms with Crippen molar-refractivity contribution in [3.8, 4) is 0 Å². The molecule has 1 unspecified atom stereocenters. The zero-order chi connectivity index (χ0) is 18.8. The van der Waals surface area contributed by atoms with E-state index in [-0.39, 0.29) is 19.6 Å². The van der Waals surface area contributed by atoms with Crippen molar-refractivity contribution in [2.75, 3.05) is 13.1 Å². The molecule has 0 aliphatic heterocycles. The Bertz CT molecular complexity index is 716. The van der Waals surface area contributed by atoms with E-state index in [4.69, 9.17) is 4.42 Å². The highest BCUT2D eigenvalue weighted by Gasteiger charge is 2.19. The van der Waals surface area contributed by atoms with Crippen LogP contribution in [0.15, 0.2) is 53.1 Å². The Kier molecular flexibility index (Phi) is 7.23. The first kappa shape index (κ1) is 19.0. The molecule has 0 saturated heterocycles. The number of benzene rings is 1. The number of furan rings is 1. The fraction of sp³-hybridized carbons (Fsp3) is 0.278. The van der Waals surface area contributed by atoms with Gasteiger partial charge in [-0.05, 0) is 24.1 Å². The highest BCUT2D eigenvalue weighted by Crippen LogP contribution is 2.08. The fourth-order valence-electron chi connectivity index (χ4n) is 2.25. The van der Waals surface area contributed by atoms with E-state index in [0.29, 0.717) is 12.2 Å². The van der Waals surface area contributed by atoms with Crippen LogP contribution in [0.1, 0.15) is 11.3 Å². The first-order valence-electron chi connectivity index (χ1n) is 8.12. The summed E-state index contributed by atoms with van der Waals surface area (Å²) in [6, 6.07) is 12.1. The number of nitrogens with one attached hydrogen (secondary N) is 3. The maximum atomic E-state index is 11.8. The second kappa shape index (κ2) is 9.87. The van der Waals surface area contributed by atoms with E-state index in [9.17, 15) is 19.5 Å². The maximum absolute atomic E-state index is 11.8. The molecular formula is C18H21N3O5. The van der Waals surface area contributed by atoms with Crippen molar-refractivity contribution in [2.24, 2.45) is 5.92 Å². The summed E-state index contributed by atoms with van der Waals surface area (Å²) in [5, 5.41) is 16.7. The molecule has 0 saturated carbocycles. The van der Waals surface area contributed by atoms with Gasteiger partial charge in [0.1, 0.15) is 5.76 Å². The van der Waals surface area contributed by atoms with Crippen molar-refractivity contribution in [2.45, 2.75) is 13.0 Å². The summed E-state index contributed by atoms with van der Waals surface area (Å²) in [5.74, 6) is -1.60. The molecule has 0 fully saturated rings. The lowest BCUT2D eigenvalue weighted by Crippen LogP contribution is -2.43. The Morgan fingerprint density at radius 3 is 2.42 bits per heavy atom. The van der Waals surface area contributed by atoms with E-state index >= 15 is 0 Å². The van der Waals surface area contributed by atoms with E-state index in [1.54, 1.807) is 12.1 Å². The van der Waals surface area contributed by atoms with Crippen LogP contribution in [-0.2, 0) is 22.6 Å². The molecule has 0 spiro atoms. The molecule has 4 N–H and O–H groups in total. The Morgan fingerprint density at radius 1 is 1.00 bits per heavy atom. The average Bonchev–Trinajstić information content (AvgIpc) is 3.16. The molecule has 2 aromatic rings. The van der Waals surface area contributed by atoms with Gasteiger partial charge in [-0.15, -0.1) is 0 Å². The summed E-state index contributed by atoms with van der Waals surface area (Å²) < 4.78 is 5.07. The molecule has 1 aromatic carbocycles. The molecule has 3 amide bonds. The van der Waals surface area contributed by atoms with Crippen LogP contribution in [0.4, 0.5) is 4.79 Å². The zero-order valence-corrected chi connectivity index (χ0v) is 14.1. The highest BCUT2D eigenvalue weighted by molar-refractivity contribution is 5.84. The van der Waals surface area contributed by atoms with Gasteiger partial charge in [-0.1, -0.05) is 30.3 Å². The lowest BCUT2D eigenvalue weighted by atomic mass is 9.99. The van der Waals surface area contributed by atoms with E-state index in [0.717, 1.165) is 5.56 Å². The molecule has 8 nitrogen and oxygen atoms in total. The van der Waals surface area contributed by atoms with Gasteiger partial charge in [-0.3, -0.25) is 9.59 Å². The lowest BCUT2D eigenvalue weighted by Gasteiger charge is -2.14. The molecule has 26 heavy (non-hydrogen) atoms. The van der Waals surface area contributed by atoms with E-state index in [2.05, 4.69) is 16.0 Å². The number of carbonyl (C=O) groups is 3. The topological polar surface area (TPSA) is 121 Å².